The number of non-ortho nitro benzene ring substituents is 1. The van der Waals surface area contributed by atoms with Crippen molar-refractivity contribution in [2.24, 2.45) is 4.99 Å². The first-order valence-corrected chi connectivity index (χ1v) is 14.7. The first kappa shape index (κ1) is 28.4. The van der Waals surface area contributed by atoms with Crippen LogP contribution in [-0.4, -0.2) is 34.0 Å². The first-order valence-electron chi connectivity index (χ1n) is 13.9. The van der Waals surface area contributed by atoms with Crippen molar-refractivity contribution in [1.29, 1.82) is 0 Å². The van der Waals surface area contributed by atoms with Crippen LogP contribution in [-0.2, 0) is 17.8 Å². The largest absolute Gasteiger partial charge is 0.493 e. The molecule has 1 saturated carbocycles. The van der Waals surface area contributed by atoms with Crippen LogP contribution in [0.2, 0.25) is 0 Å². The van der Waals surface area contributed by atoms with Crippen molar-refractivity contribution < 1.29 is 19.2 Å². The number of nitro groups is 1. The minimum absolute atomic E-state index is 0.00732. The number of amides is 1. The number of hydrogen-bond donors (Lipinski definition) is 0. The van der Waals surface area contributed by atoms with Gasteiger partial charge in [0.1, 0.15) is 6.61 Å². The van der Waals surface area contributed by atoms with E-state index < -0.39 is 4.92 Å². The lowest BCUT2D eigenvalue weighted by molar-refractivity contribution is -0.384. The number of aliphatic imine (C=N–C) groups is 1. The Morgan fingerprint density at radius 2 is 1.80 bits per heavy atom. The molecule has 0 unspecified atom stereocenters. The number of para-hydroxylation sites is 1. The number of ether oxygens (including phenoxy) is 2. The fraction of sp³-hybridized carbons (Fsp3) is 0.312. The minimum Gasteiger partial charge on any atom is -0.493 e. The first-order chi connectivity index (χ1) is 20.0. The summed E-state index contributed by atoms with van der Waals surface area (Å²) in [7, 11) is 1.57. The highest BCUT2D eigenvalue weighted by Gasteiger charge is 2.38. The van der Waals surface area contributed by atoms with Crippen LogP contribution in [0.15, 0.2) is 76.6 Å². The van der Waals surface area contributed by atoms with E-state index in [4.69, 9.17) is 14.5 Å². The zero-order chi connectivity index (χ0) is 28.8. The van der Waals surface area contributed by atoms with Gasteiger partial charge in [-0.1, -0.05) is 50.5 Å². The van der Waals surface area contributed by atoms with E-state index in [1.165, 1.54) is 30.3 Å². The van der Waals surface area contributed by atoms with Crippen molar-refractivity contribution in [2.75, 3.05) is 7.11 Å². The Morgan fingerprint density at radius 1 is 1.05 bits per heavy atom. The maximum absolute atomic E-state index is 13.8. The van der Waals surface area contributed by atoms with Crippen LogP contribution >= 0.6 is 11.8 Å². The Morgan fingerprint density at radius 3 is 2.51 bits per heavy atom. The van der Waals surface area contributed by atoms with Crippen molar-refractivity contribution in [2.45, 2.75) is 58.1 Å². The van der Waals surface area contributed by atoms with Crippen molar-refractivity contribution in [3.8, 4) is 11.5 Å². The highest BCUT2D eigenvalue weighted by atomic mass is 32.2. The summed E-state index contributed by atoms with van der Waals surface area (Å²) < 4.78 is 11.5. The van der Waals surface area contributed by atoms with Crippen LogP contribution in [0.4, 0.5) is 11.4 Å². The fourth-order valence-electron chi connectivity index (χ4n) is 5.17. The highest BCUT2D eigenvalue weighted by molar-refractivity contribution is 8.18. The Hall–Kier alpha value is -4.11. The number of aryl methyl sites for hydroxylation is 1. The summed E-state index contributed by atoms with van der Waals surface area (Å²) in [6.07, 6.45) is 8.18. The second kappa shape index (κ2) is 13.0. The molecule has 0 N–H and O–H groups in total. The van der Waals surface area contributed by atoms with E-state index in [1.807, 2.05) is 47.4 Å². The zero-order valence-corrected chi connectivity index (χ0v) is 24.1. The summed E-state index contributed by atoms with van der Waals surface area (Å²) in [5.74, 6) is 1.07. The molecule has 5 rings (SSSR count). The Balaban J connectivity index is 1.39. The smallest absolute Gasteiger partial charge is 0.269 e. The summed E-state index contributed by atoms with van der Waals surface area (Å²) in [4.78, 5) is 31.8. The molecule has 41 heavy (non-hydrogen) atoms. The summed E-state index contributed by atoms with van der Waals surface area (Å²) in [5, 5.41) is 11.6. The normalized spacial score (nSPS) is 17.8. The average molecular weight is 572 g/mol. The molecule has 8 nitrogen and oxygen atoms in total. The number of carbonyl (C=O) groups excluding carboxylic acids is 1. The number of benzene rings is 3. The van der Waals surface area contributed by atoms with Crippen LogP contribution in [0.3, 0.4) is 0 Å². The van der Waals surface area contributed by atoms with Crippen molar-refractivity contribution in [3.63, 3.8) is 0 Å². The van der Waals surface area contributed by atoms with E-state index in [0.717, 1.165) is 59.6 Å². The van der Waals surface area contributed by atoms with E-state index in [-0.39, 0.29) is 24.2 Å². The Labute approximate surface area is 244 Å². The predicted molar refractivity (Wildman–Crippen MR) is 163 cm³/mol. The van der Waals surface area contributed by atoms with Crippen LogP contribution < -0.4 is 9.47 Å². The summed E-state index contributed by atoms with van der Waals surface area (Å²) in [6.45, 7) is 2.35. The molecule has 0 atom stereocenters. The maximum Gasteiger partial charge on any atom is 0.269 e. The van der Waals surface area contributed by atoms with Gasteiger partial charge in [-0.3, -0.25) is 19.8 Å². The van der Waals surface area contributed by atoms with Gasteiger partial charge in [0.05, 0.1) is 22.6 Å². The minimum atomic E-state index is -0.429. The molecule has 1 aliphatic carbocycles. The lowest BCUT2D eigenvalue weighted by atomic mass is 9.94. The predicted octanol–water partition coefficient (Wildman–Crippen LogP) is 7.68. The van der Waals surface area contributed by atoms with Crippen molar-refractivity contribution in [3.05, 3.63) is 98.4 Å². The van der Waals surface area contributed by atoms with Gasteiger partial charge >= 0.3 is 0 Å². The lowest BCUT2D eigenvalue weighted by Crippen LogP contribution is -2.40. The van der Waals surface area contributed by atoms with Crippen LogP contribution in [0.1, 0.15) is 55.7 Å². The molecule has 1 amide bonds. The van der Waals surface area contributed by atoms with E-state index in [0.29, 0.717) is 16.4 Å². The molecular formula is C32H33N3O5S. The van der Waals surface area contributed by atoms with Gasteiger partial charge in [-0.15, -0.1) is 0 Å². The Kier molecular flexibility index (Phi) is 9.04. The SMILES string of the molecule is CCc1ccccc1N=C1S/C(=C/c2ccc(OCc3ccc([N+](=O)[O-])cc3)c(OC)c2)C(=O)N1C1CCCCC1. The van der Waals surface area contributed by atoms with Gasteiger partial charge in [0.2, 0.25) is 0 Å². The number of amidine groups is 1. The molecule has 0 bridgehead atoms. The van der Waals surface area contributed by atoms with Gasteiger partial charge in [0.15, 0.2) is 16.7 Å². The van der Waals surface area contributed by atoms with E-state index in [1.54, 1.807) is 19.2 Å². The second-order valence-corrected chi connectivity index (χ2v) is 11.1. The molecule has 2 fully saturated rings. The lowest BCUT2D eigenvalue weighted by Gasteiger charge is -2.30. The van der Waals surface area contributed by atoms with Crippen LogP contribution in [0, 0.1) is 10.1 Å². The molecule has 1 saturated heterocycles. The number of rotatable bonds is 9. The third-order valence-corrected chi connectivity index (χ3v) is 8.38. The number of carbonyl (C=O) groups is 1. The van der Waals surface area contributed by atoms with Gasteiger partial charge in [0.25, 0.3) is 11.6 Å². The molecule has 0 aromatic heterocycles. The van der Waals surface area contributed by atoms with E-state index in [9.17, 15) is 14.9 Å². The second-order valence-electron chi connectivity index (χ2n) is 10.1. The van der Waals surface area contributed by atoms with Crippen molar-refractivity contribution in [1.82, 2.24) is 4.90 Å². The van der Waals surface area contributed by atoms with Crippen molar-refractivity contribution >= 4 is 40.3 Å². The standard InChI is InChI=1S/C32H33N3O5S/c1-3-24-9-7-8-12-27(24)33-32-34(25-10-5-4-6-11-25)31(36)30(41-32)20-23-15-18-28(29(19-23)39-2)40-21-22-13-16-26(17-14-22)35(37)38/h7-9,12-20,25H,3-6,10-11,21H2,1-2H3/b30-20+,33-32?. The number of nitrogens with zero attached hydrogens (tertiary/aromatic N) is 3. The van der Waals surface area contributed by atoms with Gasteiger partial charge in [-0.25, -0.2) is 4.99 Å². The van der Waals surface area contributed by atoms with Gasteiger partial charge in [-0.05, 0) is 84.1 Å². The number of methoxy groups -OCH3 is 1. The van der Waals surface area contributed by atoms with Gasteiger partial charge in [-0.2, -0.15) is 0 Å². The fourth-order valence-corrected chi connectivity index (χ4v) is 6.22. The summed E-state index contributed by atoms with van der Waals surface area (Å²) in [5.41, 5.74) is 3.72. The van der Waals surface area contributed by atoms with Crippen LogP contribution in [0.25, 0.3) is 6.08 Å². The zero-order valence-electron chi connectivity index (χ0n) is 23.2. The topological polar surface area (TPSA) is 94.3 Å². The van der Waals surface area contributed by atoms with Gasteiger partial charge in [0, 0.05) is 18.2 Å². The molecule has 3 aromatic rings. The van der Waals surface area contributed by atoms with E-state index in [2.05, 4.69) is 13.0 Å². The molecule has 2 aliphatic rings. The average Bonchev–Trinajstić information content (AvgIpc) is 3.30. The molecule has 1 heterocycles. The van der Waals surface area contributed by atoms with Gasteiger partial charge < -0.3 is 9.47 Å². The molecule has 0 spiro atoms. The molecule has 3 aromatic carbocycles. The molecular weight excluding hydrogens is 538 g/mol. The quantitative estimate of drug-likeness (QED) is 0.149. The molecule has 212 valence electrons. The van der Waals surface area contributed by atoms with E-state index >= 15 is 0 Å². The third kappa shape index (κ3) is 6.62. The van der Waals surface area contributed by atoms with Crippen LogP contribution in [0.5, 0.6) is 11.5 Å². The summed E-state index contributed by atoms with van der Waals surface area (Å²) >= 11 is 1.43. The maximum atomic E-state index is 13.8. The highest BCUT2D eigenvalue weighted by Crippen LogP contribution is 2.40. The molecule has 0 radical (unpaired) electrons. The Bertz CT molecular complexity index is 1480. The summed E-state index contributed by atoms with van der Waals surface area (Å²) in [6, 6.07) is 20.1. The molecule has 9 heteroatoms. The number of hydrogen-bond acceptors (Lipinski definition) is 7. The monoisotopic (exact) mass is 571 g/mol. The number of thioether (sulfide) groups is 1. The third-order valence-electron chi connectivity index (χ3n) is 7.39. The number of nitro benzene ring substituents is 1. The molecule has 1 aliphatic heterocycles.